The molecular formula is C19H19NO2. The number of hydrogen-bond donors (Lipinski definition) is 0. The van der Waals surface area contributed by atoms with Crippen LogP contribution in [0.25, 0.3) is 0 Å². The zero-order valence-electron chi connectivity index (χ0n) is 12.9. The lowest BCUT2D eigenvalue weighted by atomic mass is 9.76. The fourth-order valence-corrected chi connectivity index (χ4v) is 3.99. The van der Waals surface area contributed by atoms with Crippen LogP contribution in [-0.4, -0.2) is 18.1 Å². The molecule has 0 saturated carbocycles. The average molecular weight is 293 g/mol. The number of hydrogen-bond acceptors (Lipinski definition) is 2. The molecule has 22 heavy (non-hydrogen) atoms. The first-order valence-corrected chi connectivity index (χ1v) is 7.72. The van der Waals surface area contributed by atoms with E-state index in [-0.39, 0.29) is 18.2 Å². The summed E-state index contributed by atoms with van der Waals surface area (Å²) in [7, 11) is 1.47. The quantitative estimate of drug-likeness (QED) is 0.736. The van der Waals surface area contributed by atoms with Crippen LogP contribution in [0.5, 0.6) is 0 Å². The lowest BCUT2D eigenvalue weighted by Crippen LogP contribution is -2.46. The second-order valence-electron chi connectivity index (χ2n) is 6.22. The van der Waals surface area contributed by atoms with E-state index in [4.69, 9.17) is 4.74 Å². The minimum atomic E-state index is -0.226. The van der Waals surface area contributed by atoms with E-state index in [9.17, 15) is 4.79 Å². The third-order valence-electron chi connectivity index (χ3n) is 4.96. The van der Waals surface area contributed by atoms with Gasteiger partial charge in [-0.25, -0.2) is 4.79 Å². The SMILES string of the molecule is COC(=O)N1C2Cc3cc(C)ccc3C1Cc1ccccc12. The Morgan fingerprint density at radius 2 is 1.73 bits per heavy atom. The lowest BCUT2D eigenvalue weighted by Gasteiger charge is -2.46. The van der Waals surface area contributed by atoms with Crippen molar-refractivity contribution in [3.63, 3.8) is 0 Å². The molecule has 2 atom stereocenters. The Hall–Kier alpha value is -2.29. The van der Waals surface area contributed by atoms with Crippen molar-refractivity contribution in [1.29, 1.82) is 0 Å². The molecule has 2 aromatic rings. The van der Waals surface area contributed by atoms with E-state index in [1.54, 1.807) is 0 Å². The Morgan fingerprint density at radius 3 is 2.50 bits per heavy atom. The van der Waals surface area contributed by atoms with Crippen LogP contribution < -0.4 is 0 Å². The minimum Gasteiger partial charge on any atom is -0.453 e. The first-order chi connectivity index (χ1) is 10.7. The van der Waals surface area contributed by atoms with Gasteiger partial charge in [0, 0.05) is 0 Å². The molecule has 3 heteroatoms. The van der Waals surface area contributed by atoms with Gasteiger partial charge in [0.1, 0.15) is 0 Å². The summed E-state index contributed by atoms with van der Waals surface area (Å²) in [6, 6.07) is 15.2. The van der Waals surface area contributed by atoms with Crippen LogP contribution in [0.4, 0.5) is 4.79 Å². The first kappa shape index (κ1) is 13.4. The zero-order valence-corrected chi connectivity index (χ0v) is 12.9. The summed E-state index contributed by atoms with van der Waals surface area (Å²) in [6.45, 7) is 2.12. The van der Waals surface area contributed by atoms with E-state index in [0.717, 1.165) is 12.8 Å². The van der Waals surface area contributed by atoms with E-state index in [1.807, 2.05) is 4.90 Å². The number of fused-ring (bicyclic) bond motifs is 6. The van der Waals surface area contributed by atoms with Crippen LogP contribution in [-0.2, 0) is 17.6 Å². The predicted molar refractivity (Wildman–Crippen MR) is 84.8 cm³/mol. The van der Waals surface area contributed by atoms with Gasteiger partial charge in [-0.3, -0.25) is 4.90 Å². The summed E-state index contributed by atoms with van der Waals surface area (Å²) >= 11 is 0. The number of benzene rings is 2. The fraction of sp³-hybridized carbons (Fsp3) is 0.316. The van der Waals surface area contributed by atoms with Crippen LogP contribution in [0.2, 0.25) is 0 Å². The van der Waals surface area contributed by atoms with Crippen molar-refractivity contribution < 1.29 is 9.53 Å². The summed E-state index contributed by atoms with van der Waals surface area (Å²) in [6.07, 6.45) is 1.49. The molecule has 3 nitrogen and oxygen atoms in total. The maximum atomic E-state index is 12.4. The minimum absolute atomic E-state index is 0.0803. The van der Waals surface area contributed by atoms with Gasteiger partial charge in [-0.15, -0.1) is 0 Å². The summed E-state index contributed by atoms with van der Waals surface area (Å²) in [4.78, 5) is 14.3. The highest BCUT2D eigenvalue weighted by atomic mass is 16.5. The molecule has 2 bridgehead atoms. The maximum Gasteiger partial charge on any atom is 0.410 e. The molecule has 0 saturated heterocycles. The topological polar surface area (TPSA) is 29.5 Å². The number of ether oxygens (including phenoxy) is 1. The van der Waals surface area contributed by atoms with Gasteiger partial charge in [-0.2, -0.15) is 0 Å². The molecule has 2 aliphatic rings. The number of carbonyl (C=O) groups is 1. The van der Waals surface area contributed by atoms with Crippen molar-refractivity contribution in [3.8, 4) is 0 Å². The van der Waals surface area contributed by atoms with E-state index in [0.29, 0.717) is 0 Å². The monoisotopic (exact) mass is 293 g/mol. The van der Waals surface area contributed by atoms with Crippen LogP contribution in [0.15, 0.2) is 42.5 Å². The molecular weight excluding hydrogens is 274 g/mol. The zero-order chi connectivity index (χ0) is 15.3. The molecule has 0 spiro atoms. The van der Waals surface area contributed by atoms with Crippen molar-refractivity contribution in [2.24, 2.45) is 0 Å². The summed E-state index contributed by atoms with van der Waals surface area (Å²) in [5.41, 5.74) is 6.52. The summed E-state index contributed by atoms with van der Waals surface area (Å²) < 4.78 is 5.07. The number of amides is 1. The third-order valence-corrected chi connectivity index (χ3v) is 4.96. The molecule has 4 rings (SSSR count). The third kappa shape index (κ3) is 1.85. The van der Waals surface area contributed by atoms with Crippen LogP contribution in [0.1, 0.15) is 39.9 Å². The van der Waals surface area contributed by atoms with E-state index in [2.05, 4.69) is 49.4 Å². The van der Waals surface area contributed by atoms with E-state index >= 15 is 0 Å². The highest BCUT2D eigenvalue weighted by Crippen LogP contribution is 2.47. The number of carbonyl (C=O) groups excluding carboxylic acids is 1. The summed E-state index contributed by atoms with van der Waals surface area (Å²) in [5, 5.41) is 0. The second-order valence-corrected chi connectivity index (χ2v) is 6.22. The van der Waals surface area contributed by atoms with Crippen LogP contribution in [0, 0.1) is 6.92 Å². The summed E-state index contributed by atoms with van der Waals surface area (Å²) in [5.74, 6) is 0. The number of nitrogens with zero attached hydrogens (tertiary/aromatic N) is 1. The Bertz CT molecular complexity index is 753. The molecule has 0 N–H and O–H groups in total. The molecule has 0 fully saturated rings. The molecule has 0 radical (unpaired) electrons. The van der Waals surface area contributed by atoms with Crippen molar-refractivity contribution in [2.75, 3.05) is 7.11 Å². The second kappa shape index (κ2) is 4.87. The molecule has 0 aromatic heterocycles. The number of methoxy groups -OCH3 is 1. The number of aryl methyl sites for hydroxylation is 1. The van der Waals surface area contributed by atoms with Gasteiger partial charge < -0.3 is 4.74 Å². The fourth-order valence-electron chi connectivity index (χ4n) is 3.99. The molecule has 2 aromatic carbocycles. The average Bonchev–Trinajstić information content (AvgIpc) is 2.53. The van der Waals surface area contributed by atoms with Gasteiger partial charge >= 0.3 is 6.09 Å². The number of rotatable bonds is 0. The highest BCUT2D eigenvalue weighted by molar-refractivity contribution is 5.71. The maximum absolute atomic E-state index is 12.4. The van der Waals surface area contributed by atoms with Gasteiger partial charge in [-0.05, 0) is 42.0 Å². The molecule has 0 aliphatic carbocycles. The Labute approximate surface area is 130 Å². The van der Waals surface area contributed by atoms with Crippen LogP contribution in [0.3, 0.4) is 0 Å². The van der Waals surface area contributed by atoms with Gasteiger partial charge in [-0.1, -0.05) is 48.0 Å². The Balaban J connectivity index is 1.90. The molecule has 2 aliphatic heterocycles. The van der Waals surface area contributed by atoms with Gasteiger partial charge in [0.25, 0.3) is 0 Å². The van der Waals surface area contributed by atoms with Crippen molar-refractivity contribution in [1.82, 2.24) is 4.90 Å². The lowest BCUT2D eigenvalue weighted by molar-refractivity contribution is 0.0671. The largest absolute Gasteiger partial charge is 0.453 e. The molecule has 1 amide bonds. The Kier molecular flexibility index (Phi) is 2.96. The van der Waals surface area contributed by atoms with Gasteiger partial charge in [0.2, 0.25) is 0 Å². The molecule has 2 heterocycles. The standard InChI is InChI=1S/C19H19NO2/c1-12-7-8-16-14(9-12)11-18-15-6-4-3-5-13(15)10-17(16)20(18)19(21)22-2/h3-9,17-18H,10-11H2,1-2H3. The Morgan fingerprint density at radius 1 is 1.05 bits per heavy atom. The van der Waals surface area contributed by atoms with Gasteiger partial charge in [0.05, 0.1) is 19.2 Å². The van der Waals surface area contributed by atoms with Crippen molar-refractivity contribution >= 4 is 6.09 Å². The highest BCUT2D eigenvalue weighted by Gasteiger charge is 2.43. The smallest absolute Gasteiger partial charge is 0.410 e. The molecule has 112 valence electrons. The first-order valence-electron chi connectivity index (χ1n) is 7.72. The van der Waals surface area contributed by atoms with Crippen molar-refractivity contribution in [2.45, 2.75) is 31.8 Å². The molecule has 2 unspecified atom stereocenters. The van der Waals surface area contributed by atoms with Crippen LogP contribution >= 0.6 is 0 Å². The predicted octanol–water partition coefficient (Wildman–Crippen LogP) is 3.96. The van der Waals surface area contributed by atoms with E-state index < -0.39 is 0 Å². The van der Waals surface area contributed by atoms with Gasteiger partial charge in [0.15, 0.2) is 0 Å². The normalized spacial score (nSPS) is 21.8. The van der Waals surface area contributed by atoms with E-state index in [1.165, 1.54) is 34.9 Å². The van der Waals surface area contributed by atoms with Crippen molar-refractivity contribution in [3.05, 3.63) is 70.3 Å².